The van der Waals surface area contributed by atoms with Gasteiger partial charge in [-0.3, -0.25) is 0 Å². The molecule has 4 aromatic heterocycles. The SMILES string of the molecule is CCCCCCCCCC1(CCCCCCCCC)c2cc3c(cc2-c2c1cc(C)c1nsnc21)C(CCCCCCCCC)(CCCCCCCCC)c1cc(-c2ccc(-c4ccc(C)s4)s2)c2nsnc2c1-3. The highest BCUT2D eigenvalue weighted by Gasteiger charge is 2.50. The van der Waals surface area contributed by atoms with Crippen LogP contribution in [-0.2, 0) is 10.8 Å². The van der Waals surface area contributed by atoms with Crippen molar-refractivity contribution in [2.45, 2.75) is 258 Å². The van der Waals surface area contributed by atoms with Crippen molar-refractivity contribution >= 4 is 68.2 Å². The van der Waals surface area contributed by atoms with Crippen LogP contribution in [0.4, 0.5) is 0 Å². The molecular weight excluding hydrogens is 977 g/mol. The highest BCUT2D eigenvalue weighted by molar-refractivity contribution is 7.24. The number of thiophene rings is 2. The van der Waals surface area contributed by atoms with E-state index >= 15 is 0 Å². The van der Waals surface area contributed by atoms with Gasteiger partial charge in [-0.2, -0.15) is 17.5 Å². The van der Waals surface area contributed by atoms with E-state index in [-0.39, 0.29) is 10.8 Å². The van der Waals surface area contributed by atoms with Gasteiger partial charge >= 0.3 is 0 Å². The van der Waals surface area contributed by atoms with Gasteiger partial charge in [-0.05, 0) is 121 Å². The lowest BCUT2D eigenvalue weighted by molar-refractivity contribution is 0.394. The molecular formula is C66H90N4S4. The lowest BCUT2D eigenvalue weighted by Gasteiger charge is -2.35. The molecule has 0 fully saturated rings. The minimum Gasteiger partial charge on any atom is -0.173 e. The van der Waals surface area contributed by atoms with Crippen molar-refractivity contribution < 1.29 is 0 Å². The summed E-state index contributed by atoms with van der Waals surface area (Å²) in [6, 6.07) is 20.2. The molecule has 74 heavy (non-hydrogen) atoms. The number of fused-ring (bicyclic) bond motifs is 10. The molecule has 4 heterocycles. The molecule has 0 spiro atoms. The lowest BCUT2D eigenvalue weighted by atomic mass is 9.68. The van der Waals surface area contributed by atoms with E-state index in [4.69, 9.17) is 17.5 Å². The summed E-state index contributed by atoms with van der Waals surface area (Å²) in [6.45, 7) is 13.9. The third-order valence-electron chi connectivity index (χ3n) is 17.7. The molecule has 0 aliphatic heterocycles. The van der Waals surface area contributed by atoms with E-state index in [2.05, 4.69) is 90.1 Å². The number of benzene rings is 3. The Balaban J connectivity index is 1.22. The van der Waals surface area contributed by atoms with Crippen LogP contribution in [0.5, 0.6) is 0 Å². The molecule has 0 atom stereocenters. The normalized spacial score (nSPS) is 14.1. The fourth-order valence-electron chi connectivity index (χ4n) is 13.7. The fraction of sp³-hybridized carbons (Fsp3) is 0.606. The maximum atomic E-state index is 5.40. The number of aryl methyl sites for hydroxylation is 2. The number of hydrogen-bond donors (Lipinski definition) is 0. The Bertz CT molecular complexity index is 2840. The van der Waals surface area contributed by atoms with Crippen molar-refractivity contribution in [3.8, 4) is 42.4 Å². The van der Waals surface area contributed by atoms with Gasteiger partial charge in [0.05, 0.1) is 23.5 Å². The Morgan fingerprint density at radius 1 is 0.338 bits per heavy atom. The van der Waals surface area contributed by atoms with Gasteiger partial charge in [0.15, 0.2) is 0 Å². The monoisotopic (exact) mass is 1070 g/mol. The van der Waals surface area contributed by atoms with Crippen LogP contribution < -0.4 is 0 Å². The molecule has 398 valence electrons. The van der Waals surface area contributed by atoms with E-state index in [0.29, 0.717) is 0 Å². The molecule has 7 aromatic rings. The predicted octanol–water partition coefficient (Wildman–Crippen LogP) is 22.9. The van der Waals surface area contributed by atoms with Crippen LogP contribution in [0, 0.1) is 13.8 Å². The second-order valence-corrected chi connectivity index (χ2v) is 26.5. The Hall–Kier alpha value is -3.30. The number of rotatable bonds is 34. The van der Waals surface area contributed by atoms with Crippen LogP contribution in [0.1, 0.15) is 266 Å². The summed E-state index contributed by atoms with van der Waals surface area (Å²) in [5, 5.41) is 0. The molecule has 3 aromatic carbocycles. The zero-order valence-corrected chi connectivity index (χ0v) is 49.9. The van der Waals surface area contributed by atoms with Crippen molar-refractivity contribution in [1.82, 2.24) is 17.5 Å². The molecule has 0 radical (unpaired) electrons. The molecule has 0 N–H and O–H groups in total. The zero-order valence-electron chi connectivity index (χ0n) is 46.7. The molecule has 8 heteroatoms. The molecule has 2 aliphatic carbocycles. The Kier molecular flexibility index (Phi) is 20.1. The first-order valence-corrected chi connectivity index (χ1v) is 33.4. The summed E-state index contributed by atoms with van der Waals surface area (Å²) in [5.41, 5.74) is 18.9. The van der Waals surface area contributed by atoms with Crippen molar-refractivity contribution in [1.29, 1.82) is 0 Å². The van der Waals surface area contributed by atoms with E-state index in [1.165, 1.54) is 282 Å². The van der Waals surface area contributed by atoms with E-state index in [1.807, 2.05) is 22.7 Å². The largest absolute Gasteiger partial charge is 0.173 e. The van der Waals surface area contributed by atoms with E-state index < -0.39 is 0 Å². The minimum atomic E-state index is -0.115. The quantitative estimate of drug-likeness (QED) is 0.0377. The molecule has 9 rings (SSSR count). The van der Waals surface area contributed by atoms with Gasteiger partial charge in [-0.15, -0.1) is 22.7 Å². The van der Waals surface area contributed by atoms with Crippen molar-refractivity contribution in [3.63, 3.8) is 0 Å². The number of nitrogens with zero attached hydrogens (tertiary/aromatic N) is 4. The van der Waals surface area contributed by atoms with Crippen molar-refractivity contribution in [2.24, 2.45) is 0 Å². The average molecular weight is 1070 g/mol. The Labute approximate surface area is 464 Å². The third kappa shape index (κ3) is 11.9. The van der Waals surface area contributed by atoms with Crippen LogP contribution >= 0.6 is 46.1 Å². The maximum Gasteiger partial charge on any atom is 0.114 e. The Morgan fingerprint density at radius 3 is 1.14 bits per heavy atom. The van der Waals surface area contributed by atoms with E-state index in [1.54, 1.807) is 22.3 Å². The van der Waals surface area contributed by atoms with Crippen LogP contribution in [0.3, 0.4) is 0 Å². The molecule has 4 nitrogen and oxygen atoms in total. The summed E-state index contributed by atoms with van der Waals surface area (Å²) in [4.78, 5) is 5.39. The molecule has 0 bridgehead atoms. The standard InChI is InChI=1S/C66H90N4S4/c1-7-11-15-19-23-27-31-39-65(40-32-28-24-20-16-12-8-2)52-45-50-53(44-49(52)59-54(65)43-47(5)61-63(59)69-73-67-61)66(41-33-29-25-21-17-13-9-3,42-34-30-26-22-18-14-10-4)55-46-51(62-64(60(50)55)70-74-68-62)56-37-38-58(72-56)57-36-35-48(6)71-57/h35-38,43-46H,7-34,39-42H2,1-6H3. The van der Waals surface area contributed by atoms with E-state index in [9.17, 15) is 0 Å². The minimum absolute atomic E-state index is 0.0651. The van der Waals surface area contributed by atoms with Gasteiger partial charge in [-0.1, -0.05) is 214 Å². The second kappa shape index (κ2) is 26.8. The van der Waals surface area contributed by atoms with Gasteiger partial charge in [0.2, 0.25) is 0 Å². The topological polar surface area (TPSA) is 51.6 Å². The first-order valence-electron chi connectivity index (χ1n) is 30.3. The Morgan fingerprint density at radius 2 is 0.689 bits per heavy atom. The highest BCUT2D eigenvalue weighted by atomic mass is 32.1. The molecule has 0 amide bonds. The predicted molar refractivity (Wildman–Crippen MR) is 327 cm³/mol. The van der Waals surface area contributed by atoms with Gasteiger partial charge in [-0.25, -0.2) is 0 Å². The summed E-state index contributed by atoms with van der Waals surface area (Å²) < 4.78 is 21.0. The van der Waals surface area contributed by atoms with Crippen molar-refractivity contribution in [2.75, 3.05) is 0 Å². The van der Waals surface area contributed by atoms with Crippen LogP contribution in [-0.4, -0.2) is 17.5 Å². The number of unbranched alkanes of at least 4 members (excludes halogenated alkanes) is 24. The van der Waals surface area contributed by atoms with Gasteiger partial charge in [0.25, 0.3) is 0 Å². The second-order valence-electron chi connectivity index (χ2n) is 23.1. The first-order chi connectivity index (χ1) is 36.4. The summed E-state index contributed by atoms with van der Waals surface area (Å²) in [6.07, 6.45) is 41.9. The number of aromatic nitrogens is 4. The highest BCUT2D eigenvalue weighted by Crippen LogP contribution is 2.63. The average Bonchev–Trinajstić information content (AvgIpc) is 4.29. The summed E-state index contributed by atoms with van der Waals surface area (Å²) in [5.74, 6) is 0. The summed E-state index contributed by atoms with van der Waals surface area (Å²) in [7, 11) is 0. The van der Waals surface area contributed by atoms with E-state index in [0.717, 1.165) is 22.1 Å². The number of hydrogen-bond acceptors (Lipinski definition) is 8. The van der Waals surface area contributed by atoms with Crippen LogP contribution in [0.15, 0.2) is 48.5 Å². The van der Waals surface area contributed by atoms with Gasteiger partial charge < -0.3 is 0 Å². The molecule has 2 aliphatic rings. The fourth-order valence-corrected chi connectivity index (χ4v) is 16.8. The van der Waals surface area contributed by atoms with Crippen molar-refractivity contribution in [3.05, 3.63) is 81.2 Å². The van der Waals surface area contributed by atoms with Gasteiger partial charge in [0.1, 0.15) is 22.1 Å². The molecule has 0 saturated carbocycles. The maximum absolute atomic E-state index is 5.40. The van der Waals surface area contributed by atoms with Gasteiger partial charge in [0, 0.05) is 47.0 Å². The first kappa shape index (κ1) is 55.5. The molecule has 0 saturated heterocycles. The third-order valence-corrected chi connectivity index (χ3v) is 21.1. The zero-order chi connectivity index (χ0) is 51.3. The van der Waals surface area contributed by atoms with Crippen LogP contribution in [0.25, 0.3) is 64.5 Å². The smallest absolute Gasteiger partial charge is 0.114 e. The summed E-state index contributed by atoms with van der Waals surface area (Å²) >= 11 is 6.68. The molecule has 0 unspecified atom stereocenters. The van der Waals surface area contributed by atoms with Crippen LogP contribution in [0.2, 0.25) is 0 Å². The lowest BCUT2D eigenvalue weighted by Crippen LogP contribution is -2.27.